The summed E-state index contributed by atoms with van der Waals surface area (Å²) in [5, 5.41) is 0. The van der Waals surface area contributed by atoms with Crippen LogP contribution in [0.3, 0.4) is 0 Å². The van der Waals surface area contributed by atoms with Crippen LogP contribution in [0.1, 0.15) is 6.42 Å². The van der Waals surface area contributed by atoms with Gasteiger partial charge in [-0.1, -0.05) is 12.2 Å². The lowest BCUT2D eigenvalue weighted by molar-refractivity contribution is -0.107. The van der Waals surface area contributed by atoms with E-state index in [4.69, 9.17) is 6.92 Å². The van der Waals surface area contributed by atoms with Crippen molar-refractivity contribution in [2.45, 2.75) is 6.42 Å². The fourth-order valence-corrected chi connectivity index (χ4v) is 0.107. The van der Waals surface area contributed by atoms with Crippen molar-refractivity contribution < 1.29 is 4.79 Å². The van der Waals surface area contributed by atoms with Gasteiger partial charge in [-0.25, -0.2) is 0 Å². The summed E-state index contributed by atoms with van der Waals surface area (Å²) in [4.78, 5) is 9.47. The van der Waals surface area contributed by atoms with Gasteiger partial charge in [0.2, 0.25) is 0 Å². The van der Waals surface area contributed by atoms with Gasteiger partial charge in [0.25, 0.3) is 0 Å². The Hall–Kier alpha value is -0.590. The number of hydrogen-bond acceptors (Lipinski definition) is 1. The molecule has 1 heteroatoms. The van der Waals surface area contributed by atoms with E-state index in [0.717, 1.165) is 6.29 Å². The van der Waals surface area contributed by atoms with Gasteiger partial charge in [-0.2, -0.15) is 0 Å². The smallest absolute Gasteiger partial charge is 0.124 e. The molecule has 0 saturated heterocycles. The van der Waals surface area contributed by atoms with Gasteiger partial charge < -0.3 is 4.79 Å². The molecule has 6 heavy (non-hydrogen) atoms. The van der Waals surface area contributed by atoms with E-state index in [1.165, 1.54) is 0 Å². The third-order valence-corrected chi connectivity index (χ3v) is 0.346. The molecule has 1 nitrogen and oxygen atoms in total. The quantitative estimate of drug-likeness (QED) is 0.451. The Bertz CT molecular complexity index is 64.3. The van der Waals surface area contributed by atoms with E-state index in [-0.39, 0.29) is 6.42 Å². The maximum Gasteiger partial charge on any atom is 0.124 e. The van der Waals surface area contributed by atoms with Crippen molar-refractivity contribution in [1.29, 1.82) is 0 Å². The molecule has 32 valence electrons. The minimum Gasteiger partial charge on any atom is -0.303 e. The van der Waals surface area contributed by atoms with Crippen molar-refractivity contribution in [1.82, 2.24) is 0 Å². The third kappa shape index (κ3) is 3.41. The summed E-state index contributed by atoms with van der Waals surface area (Å²) >= 11 is 0. The Morgan fingerprint density at radius 3 is 2.50 bits per heavy atom. The summed E-state index contributed by atoms with van der Waals surface area (Å²) in [7, 11) is 0. The molecule has 0 bridgehead atoms. The van der Waals surface area contributed by atoms with Crippen LogP contribution in [0.5, 0.6) is 0 Å². The maximum atomic E-state index is 9.47. The normalized spacial score (nSPS) is 7.50. The summed E-state index contributed by atoms with van der Waals surface area (Å²) in [5.74, 6) is 0. The molecule has 0 fully saturated rings. The lowest BCUT2D eigenvalue weighted by Crippen LogP contribution is -1.71. The average Bonchev–Trinajstić information content (AvgIpc) is 1.35. The number of aldehydes is 1. The first-order valence-corrected chi connectivity index (χ1v) is 1.64. The topological polar surface area (TPSA) is 17.1 Å². The number of rotatable bonds is 2. The Morgan fingerprint density at radius 1 is 2.00 bits per heavy atom. The Morgan fingerprint density at radius 2 is 2.50 bits per heavy atom. The van der Waals surface area contributed by atoms with Crippen LogP contribution in [0.15, 0.2) is 12.2 Å². The Kier molecular flexibility index (Phi) is 2.38. The molecule has 0 aromatic rings. The molecule has 0 rings (SSSR count). The van der Waals surface area contributed by atoms with Gasteiger partial charge in [0.15, 0.2) is 0 Å². The highest BCUT2D eigenvalue weighted by molar-refractivity contribution is 5.54. The minimum atomic E-state index is 0.278. The highest BCUT2D eigenvalue weighted by Gasteiger charge is 1.76. The highest BCUT2D eigenvalue weighted by Crippen LogP contribution is 1.86. The molecular formula is C5H6O. The van der Waals surface area contributed by atoms with Crippen LogP contribution < -0.4 is 0 Å². The summed E-state index contributed by atoms with van der Waals surface area (Å²) in [6.07, 6.45) is 1.00. The first kappa shape index (κ1) is 5.41. The Labute approximate surface area is 37.7 Å². The molecule has 0 aromatic carbocycles. The van der Waals surface area contributed by atoms with Crippen LogP contribution in [0.2, 0.25) is 0 Å². The van der Waals surface area contributed by atoms with Crippen LogP contribution >= 0.6 is 0 Å². The molecule has 0 heterocycles. The zero-order valence-corrected chi connectivity index (χ0v) is 3.48. The van der Waals surface area contributed by atoms with Gasteiger partial charge in [0.1, 0.15) is 6.29 Å². The van der Waals surface area contributed by atoms with E-state index < -0.39 is 0 Å². The van der Waals surface area contributed by atoms with Gasteiger partial charge in [0, 0.05) is 6.42 Å². The second-order valence-electron chi connectivity index (χ2n) is 1.03. The minimum absolute atomic E-state index is 0.278. The van der Waals surface area contributed by atoms with Crippen LogP contribution in [-0.2, 0) is 4.79 Å². The molecule has 0 N–H and O–H groups in total. The average molecular weight is 82.1 g/mol. The van der Waals surface area contributed by atoms with Crippen molar-refractivity contribution in [3.63, 3.8) is 0 Å². The molecule has 0 aliphatic heterocycles. The van der Waals surface area contributed by atoms with Gasteiger partial charge in [-0.15, -0.1) is 0 Å². The number of hydrogen-bond donors (Lipinski definition) is 0. The molecule has 0 atom stereocenters. The van der Waals surface area contributed by atoms with Crippen molar-refractivity contribution in [3.05, 3.63) is 19.1 Å². The second-order valence-corrected chi connectivity index (χ2v) is 1.03. The molecule has 0 unspecified atom stereocenters. The predicted molar refractivity (Wildman–Crippen MR) is 24.1 cm³/mol. The van der Waals surface area contributed by atoms with Crippen LogP contribution in [0.25, 0.3) is 0 Å². The van der Waals surface area contributed by atoms with Crippen molar-refractivity contribution in [2.75, 3.05) is 0 Å². The molecule has 0 spiro atoms. The molecule has 0 saturated carbocycles. The van der Waals surface area contributed by atoms with Gasteiger partial charge in [-0.05, 0) is 6.92 Å². The molecule has 0 aliphatic carbocycles. The van der Waals surface area contributed by atoms with Gasteiger partial charge in [-0.3, -0.25) is 0 Å². The van der Waals surface area contributed by atoms with Crippen LogP contribution in [-0.4, -0.2) is 6.29 Å². The summed E-state index contributed by atoms with van der Waals surface area (Å²) in [6.45, 7) is 8.27. The van der Waals surface area contributed by atoms with E-state index >= 15 is 0 Å². The molecule has 0 amide bonds. The standard InChI is InChI=1S/C5H6O/c1-5(2)3-4-6/h1,4H,2-3H2. The van der Waals surface area contributed by atoms with Gasteiger partial charge >= 0.3 is 0 Å². The number of allylic oxidation sites excluding steroid dienone is 1. The first-order valence-electron chi connectivity index (χ1n) is 1.64. The summed E-state index contributed by atoms with van der Waals surface area (Å²) < 4.78 is 0. The zero-order chi connectivity index (χ0) is 4.99. The second kappa shape index (κ2) is 2.64. The predicted octanol–water partition coefficient (Wildman–Crippen LogP) is 0.843. The van der Waals surface area contributed by atoms with E-state index in [9.17, 15) is 4.79 Å². The maximum absolute atomic E-state index is 9.47. The van der Waals surface area contributed by atoms with E-state index in [1.807, 2.05) is 0 Å². The molecular weight excluding hydrogens is 76.1 g/mol. The lowest BCUT2D eigenvalue weighted by Gasteiger charge is -1.78. The van der Waals surface area contributed by atoms with E-state index in [0.29, 0.717) is 5.57 Å². The van der Waals surface area contributed by atoms with Crippen molar-refractivity contribution in [3.8, 4) is 0 Å². The molecule has 0 aromatic heterocycles. The van der Waals surface area contributed by atoms with Crippen molar-refractivity contribution >= 4 is 6.29 Å². The van der Waals surface area contributed by atoms with E-state index in [1.54, 1.807) is 0 Å². The Balaban J connectivity index is 3.05. The zero-order valence-electron chi connectivity index (χ0n) is 3.48. The molecule has 0 aliphatic rings. The van der Waals surface area contributed by atoms with E-state index in [2.05, 4.69) is 6.58 Å². The van der Waals surface area contributed by atoms with Gasteiger partial charge in [0.05, 0.1) is 0 Å². The summed E-state index contributed by atoms with van der Waals surface area (Å²) in [6, 6.07) is 0. The fourth-order valence-electron chi connectivity index (χ4n) is 0.107. The number of carbonyl (C=O) groups excluding carboxylic acids is 1. The van der Waals surface area contributed by atoms with Crippen molar-refractivity contribution in [2.24, 2.45) is 0 Å². The summed E-state index contributed by atoms with van der Waals surface area (Å²) in [5.41, 5.74) is 0.421. The molecule has 2 radical (unpaired) electrons. The first-order chi connectivity index (χ1) is 2.77. The number of carbonyl (C=O) groups is 1. The fraction of sp³-hybridized carbons (Fsp3) is 0.200. The largest absolute Gasteiger partial charge is 0.303 e. The lowest BCUT2D eigenvalue weighted by atomic mass is 10.3. The highest BCUT2D eigenvalue weighted by atomic mass is 16.1. The monoisotopic (exact) mass is 82.0 g/mol. The third-order valence-electron chi connectivity index (χ3n) is 0.346. The SMILES string of the molecule is [CH]C(=C)CC=O. The van der Waals surface area contributed by atoms with Crippen LogP contribution in [0.4, 0.5) is 0 Å². The van der Waals surface area contributed by atoms with Crippen LogP contribution in [0, 0.1) is 6.92 Å².